The molecule has 51 heavy (non-hydrogen) atoms. The van der Waals surface area contributed by atoms with Gasteiger partial charge in [-0.2, -0.15) is 0 Å². The minimum atomic E-state index is -3.99. The maximum Gasteiger partial charge on any atom is 0.264 e. The molecule has 5 atom stereocenters. The Morgan fingerprint density at radius 1 is 1.18 bits per heavy atom. The van der Waals surface area contributed by atoms with Gasteiger partial charge in [0.1, 0.15) is 11.4 Å². The molecule has 1 saturated heterocycles. The number of carbonyl (C=O) groups is 1. The van der Waals surface area contributed by atoms with E-state index in [-0.39, 0.29) is 29.1 Å². The van der Waals surface area contributed by atoms with Crippen molar-refractivity contribution in [2.75, 3.05) is 57.9 Å². The maximum atomic E-state index is 13.4. The number of fused-ring (bicyclic) bond motifs is 3. The molecule has 1 saturated carbocycles. The van der Waals surface area contributed by atoms with Crippen molar-refractivity contribution < 1.29 is 27.8 Å². The number of benzene rings is 1. The molecule has 3 aliphatic rings. The van der Waals surface area contributed by atoms with Crippen LogP contribution in [-0.2, 0) is 19.5 Å². The fourth-order valence-corrected chi connectivity index (χ4v) is 8.61. The van der Waals surface area contributed by atoms with Gasteiger partial charge in [-0.1, -0.05) is 54.5 Å². The molecule has 0 radical (unpaired) electrons. The highest BCUT2D eigenvalue weighted by Crippen LogP contribution is 2.46. The number of morpholine rings is 1. The Kier molecular flexibility index (Phi) is 15.5. The summed E-state index contributed by atoms with van der Waals surface area (Å²) in [5.74, 6) is 6.39. The molecule has 282 valence electrons. The number of phenolic OH excluding ortho intramolecular Hbond substituents is 1. The van der Waals surface area contributed by atoms with Crippen molar-refractivity contribution in [3.63, 3.8) is 0 Å². The van der Waals surface area contributed by atoms with Crippen LogP contribution in [0, 0.1) is 29.6 Å². The number of unbranched alkanes of at least 4 members (excludes halogenated alkanes) is 2. The molecule has 4 rings (SSSR count). The van der Waals surface area contributed by atoms with Crippen molar-refractivity contribution in [2.45, 2.75) is 89.9 Å². The number of rotatable bonds is 10. The average Bonchev–Trinajstić information content (AvgIpc) is 3.10. The highest BCUT2D eigenvalue weighted by atomic mass is 35.5. The van der Waals surface area contributed by atoms with Crippen LogP contribution in [-0.4, -0.2) is 88.2 Å². The lowest BCUT2D eigenvalue weighted by molar-refractivity contribution is -0.0349. The first-order valence-electron chi connectivity index (χ1n) is 18.5. The van der Waals surface area contributed by atoms with E-state index < -0.39 is 26.8 Å². The van der Waals surface area contributed by atoms with E-state index in [1.54, 1.807) is 20.1 Å². The number of allylic oxidation sites excluding steroid dienone is 5. The Hall–Kier alpha value is -2.81. The number of aromatic hydroxyl groups is 1. The van der Waals surface area contributed by atoms with Crippen LogP contribution >= 0.6 is 11.6 Å². The molecule has 2 aliphatic heterocycles. The maximum absolute atomic E-state index is 13.4. The second kappa shape index (κ2) is 19.3. The zero-order valence-corrected chi connectivity index (χ0v) is 32.7. The Labute approximate surface area is 311 Å². The molecular formula is C40H58ClN3O6S. The van der Waals surface area contributed by atoms with Gasteiger partial charge in [0.2, 0.25) is 10.0 Å². The van der Waals surface area contributed by atoms with Gasteiger partial charge in [0.05, 0.1) is 24.2 Å². The van der Waals surface area contributed by atoms with Crippen molar-refractivity contribution in [3.05, 3.63) is 58.7 Å². The fraction of sp³-hybridized carbons (Fsp3) is 0.625. The summed E-state index contributed by atoms with van der Waals surface area (Å²) in [7, 11) is -2.27. The third kappa shape index (κ3) is 11.3. The SMILES string of the molecule is C/C=C(Cl)\C=C(/C)CCCCCN1C[C@@H]2CC[C@H]2[C@](C#CCCN2CCOCC2)(OC)/C=C/C[C@H](C)[C@@H](C)S(=O)(=O)NC(=O)c2ccc(O)c1c2. The molecule has 0 unspecified atom stereocenters. The first kappa shape index (κ1) is 41.0. The summed E-state index contributed by atoms with van der Waals surface area (Å²) in [6.07, 6.45) is 14.8. The molecule has 1 aromatic carbocycles. The lowest BCUT2D eigenvalue weighted by atomic mass is 9.64. The lowest BCUT2D eigenvalue weighted by Gasteiger charge is -2.47. The number of methoxy groups -OCH3 is 1. The van der Waals surface area contributed by atoms with Crippen LogP contribution in [0.3, 0.4) is 0 Å². The summed E-state index contributed by atoms with van der Waals surface area (Å²) in [5, 5.41) is 11.1. The smallest absolute Gasteiger partial charge is 0.264 e. The molecule has 1 amide bonds. The van der Waals surface area contributed by atoms with E-state index in [4.69, 9.17) is 21.1 Å². The minimum Gasteiger partial charge on any atom is -0.506 e. The number of hydrogen-bond acceptors (Lipinski definition) is 8. The number of nitrogens with one attached hydrogen (secondary N) is 1. The van der Waals surface area contributed by atoms with E-state index in [1.807, 2.05) is 38.2 Å². The molecule has 9 nitrogen and oxygen atoms in total. The fourth-order valence-electron chi connectivity index (χ4n) is 7.14. The molecule has 0 aromatic heterocycles. The Morgan fingerprint density at radius 3 is 2.63 bits per heavy atom. The van der Waals surface area contributed by atoms with Gasteiger partial charge in [0, 0.05) is 62.8 Å². The van der Waals surface area contributed by atoms with E-state index in [0.29, 0.717) is 31.6 Å². The zero-order chi connectivity index (χ0) is 37.0. The number of hydrogen-bond donors (Lipinski definition) is 2. The summed E-state index contributed by atoms with van der Waals surface area (Å²) < 4.78 is 40.9. The zero-order valence-electron chi connectivity index (χ0n) is 31.1. The van der Waals surface area contributed by atoms with Crippen molar-refractivity contribution in [1.82, 2.24) is 9.62 Å². The summed E-state index contributed by atoms with van der Waals surface area (Å²) in [4.78, 5) is 17.9. The molecule has 2 heterocycles. The topological polar surface area (TPSA) is 108 Å². The van der Waals surface area contributed by atoms with Gasteiger partial charge in [0.25, 0.3) is 5.91 Å². The molecule has 11 heteroatoms. The summed E-state index contributed by atoms with van der Waals surface area (Å²) in [5.41, 5.74) is 1.09. The van der Waals surface area contributed by atoms with Gasteiger partial charge in [-0.25, -0.2) is 13.1 Å². The number of amides is 1. The molecular weight excluding hydrogens is 686 g/mol. The number of anilines is 1. The number of phenols is 1. The standard InChI is InChI=1S/C40H58ClN3O6S/c1-6-35(41)27-30(2)13-8-7-10-22-44-29-34-15-17-36(34)40(49-5,19-9-11-21-43-23-25-50-26-24-43)20-12-14-31(3)32(4)51(47,48)42-39(46)33-16-18-38(45)37(44)28-33/h6,12,16,18,20,27-28,31-32,34,36,45H,7-8,10-11,13-15,17,21-26,29H2,1-5H3,(H,42,46)/b20-12+,30-27+,35-6+/t31-,32+,34-,36+,40+/m0/s1. The van der Waals surface area contributed by atoms with E-state index >= 15 is 0 Å². The van der Waals surface area contributed by atoms with Crippen LogP contribution in [0.25, 0.3) is 0 Å². The molecule has 1 aliphatic carbocycles. The van der Waals surface area contributed by atoms with Crippen LogP contribution < -0.4 is 9.62 Å². The predicted octanol–water partition coefficient (Wildman–Crippen LogP) is 7.03. The van der Waals surface area contributed by atoms with Crippen LogP contribution in [0.1, 0.15) is 89.4 Å². The van der Waals surface area contributed by atoms with E-state index in [9.17, 15) is 18.3 Å². The number of carbonyl (C=O) groups excluding carboxylic acids is 1. The third-order valence-corrected chi connectivity index (χ3v) is 13.1. The molecule has 2 bridgehead atoms. The van der Waals surface area contributed by atoms with Crippen molar-refractivity contribution in [3.8, 4) is 17.6 Å². The summed E-state index contributed by atoms with van der Waals surface area (Å²) in [6, 6.07) is 4.58. The third-order valence-electron chi connectivity index (χ3n) is 10.8. The molecule has 0 spiro atoms. The predicted molar refractivity (Wildman–Crippen MR) is 207 cm³/mol. The Morgan fingerprint density at radius 2 is 1.94 bits per heavy atom. The van der Waals surface area contributed by atoms with Crippen LogP contribution in [0.2, 0.25) is 0 Å². The van der Waals surface area contributed by atoms with Crippen LogP contribution in [0.5, 0.6) is 5.75 Å². The summed E-state index contributed by atoms with van der Waals surface area (Å²) in [6.45, 7) is 13.0. The first-order valence-corrected chi connectivity index (χ1v) is 20.5. The normalized spacial score (nSPS) is 28.5. The highest BCUT2D eigenvalue weighted by molar-refractivity contribution is 7.90. The van der Waals surface area contributed by atoms with Crippen molar-refractivity contribution in [1.29, 1.82) is 0 Å². The van der Waals surface area contributed by atoms with Gasteiger partial charge in [-0.3, -0.25) is 9.69 Å². The Balaban J connectivity index is 1.65. The number of sulfonamides is 1. The highest BCUT2D eigenvalue weighted by Gasteiger charge is 2.46. The Bertz CT molecular complexity index is 1590. The second-order valence-corrected chi connectivity index (χ2v) is 16.8. The monoisotopic (exact) mass is 743 g/mol. The van der Waals surface area contributed by atoms with Crippen LogP contribution in [0.15, 0.2) is 53.1 Å². The van der Waals surface area contributed by atoms with E-state index in [0.717, 1.165) is 76.4 Å². The molecule has 2 N–H and O–H groups in total. The largest absolute Gasteiger partial charge is 0.506 e. The van der Waals surface area contributed by atoms with Gasteiger partial charge in [-0.15, -0.1) is 0 Å². The van der Waals surface area contributed by atoms with Crippen LogP contribution in [0.4, 0.5) is 5.69 Å². The van der Waals surface area contributed by atoms with Gasteiger partial charge >= 0.3 is 0 Å². The number of halogens is 1. The van der Waals surface area contributed by atoms with E-state index in [2.05, 4.69) is 33.3 Å². The average molecular weight is 744 g/mol. The number of ether oxygens (including phenoxy) is 2. The second-order valence-electron chi connectivity index (χ2n) is 14.4. The number of nitrogens with zero attached hydrogens (tertiary/aromatic N) is 2. The lowest BCUT2D eigenvalue weighted by Crippen LogP contribution is -2.50. The van der Waals surface area contributed by atoms with Crippen molar-refractivity contribution >= 4 is 33.2 Å². The van der Waals surface area contributed by atoms with Crippen molar-refractivity contribution in [2.24, 2.45) is 17.8 Å². The van der Waals surface area contributed by atoms with Gasteiger partial charge < -0.3 is 19.5 Å². The minimum absolute atomic E-state index is 0.0500. The van der Waals surface area contributed by atoms with E-state index in [1.165, 1.54) is 17.7 Å². The van der Waals surface area contributed by atoms with Gasteiger partial charge in [-0.05, 0) is 101 Å². The molecule has 2 fully saturated rings. The van der Waals surface area contributed by atoms with Gasteiger partial charge in [0.15, 0.2) is 0 Å². The quantitative estimate of drug-likeness (QED) is 0.114. The summed E-state index contributed by atoms with van der Waals surface area (Å²) >= 11 is 6.19. The first-order chi connectivity index (χ1) is 24.4. The molecule has 1 aromatic rings.